The first-order valence-electron chi connectivity index (χ1n) is 6.02. The van der Waals surface area contributed by atoms with Crippen LogP contribution in [0.2, 0.25) is 5.02 Å². The van der Waals surface area contributed by atoms with Crippen molar-refractivity contribution in [1.29, 1.82) is 0 Å². The highest BCUT2D eigenvalue weighted by Crippen LogP contribution is 2.23. The number of thiophene rings is 1. The quantitative estimate of drug-likeness (QED) is 0.621. The molecule has 7 heteroatoms. The summed E-state index contributed by atoms with van der Waals surface area (Å²) in [6, 6.07) is 10.8. The number of hydrogen-bond donors (Lipinski definition) is 1. The molecule has 0 saturated carbocycles. The highest BCUT2D eigenvalue weighted by atomic mass is 79.9. The molecule has 2 rings (SSSR count). The number of ether oxygens (including phenoxy) is 1. The Bertz CT molecular complexity index is 672. The maximum Gasteiger partial charge on any atom is 0.277 e. The summed E-state index contributed by atoms with van der Waals surface area (Å²) in [5.74, 6) is 0.127. The lowest BCUT2D eigenvalue weighted by atomic mass is 10.3. The van der Waals surface area contributed by atoms with Gasteiger partial charge in [-0.1, -0.05) is 23.7 Å². The number of amides is 1. The van der Waals surface area contributed by atoms with Crippen molar-refractivity contribution in [2.45, 2.75) is 6.92 Å². The Hall–Kier alpha value is -1.37. The first-order chi connectivity index (χ1) is 10.1. The molecule has 4 nitrogen and oxygen atoms in total. The molecule has 0 fully saturated rings. The number of carbonyl (C=O) groups excluding carboxylic acids is 1. The minimum Gasteiger partial charge on any atom is -0.482 e. The van der Waals surface area contributed by atoms with Crippen LogP contribution >= 0.6 is 38.9 Å². The van der Waals surface area contributed by atoms with Crippen molar-refractivity contribution in [2.24, 2.45) is 5.10 Å². The van der Waals surface area contributed by atoms with E-state index >= 15 is 0 Å². The average Bonchev–Trinajstić information content (AvgIpc) is 2.90. The number of nitrogens with one attached hydrogen (secondary N) is 1. The van der Waals surface area contributed by atoms with Gasteiger partial charge in [0.25, 0.3) is 5.91 Å². The van der Waals surface area contributed by atoms with Gasteiger partial charge in [-0.3, -0.25) is 4.79 Å². The van der Waals surface area contributed by atoms with Crippen molar-refractivity contribution in [3.05, 3.63) is 50.1 Å². The van der Waals surface area contributed by atoms with Crippen molar-refractivity contribution in [2.75, 3.05) is 6.61 Å². The van der Waals surface area contributed by atoms with E-state index in [2.05, 4.69) is 26.5 Å². The molecule has 0 bridgehead atoms. The molecule has 1 amide bonds. The van der Waals surface area contributed by atoms with Crippen LogP contribution in [-0.4, -0.2) is 18.2 Å². The van der Waals surface area contributed by atoms with Crippen LogP contribution in [0.15, 0.2) is 45.3 Å². The Balaban J connectivity index is 1.86. The molecule has 0 aliphatic heterocycles. The monoisotopic (exact) mass is 386 g/mol. The van der Waals surface area contributed by atoms with Crippen LogP contribution in [0.1, 0.15) is 11.8 Å². The number of halogens is 2. The summed E-state index contributed by atoms with van der Waals surface area (Å²) in [6.45, 7) is 1.68. The SMILES string of the molecule is C/C(=N\NC(=O)COc1ccccc1Cl)c1ccc(Br)s1. The molecule has 21 heavy (non-hydrogen) atoms. The number of benzene rings is 1. The van der Waals surface area contributed by atoms with Gasteiger partial charge in [0, 0.05) is 0 Å². The minimum atomic E-state index is -0.343. The van der Waals surface area contributed by atoms with Gasteiger partial charge in [-0.05, 0) is 47.1 Å². The third-order valence-electron chi connectivity index (χ3n) is 2.47. The topological polar surface area (TPSA) is 50.7 Å². The van der Waals surface area contributed by atoms with Crippen LogP contribution in [0.5, 0.6) is 5.75 Å². The van der Waals surface area contributed by atoms with E-state index in [9.17, 15) is 4.79 Å². The van der Waals surface area contributed by atoms with Gasteiger partial charge in [-0.15, -0.1) is 11.3 Å². The summed E-state index contributed by atoms with van der Waals surface area (Å²) in [7, 11) is 0. The summed E-state index contributed by atoms with van der Waals surface area (Å²) in [5, 5.41) is 4.50. The standard InChI is InChI=1S/C14H12BrClN2O2S/c1-9(12-6-7-13(15)21-12)17-18-14(19)8-20-11-5-3-2-4-10(11)16/h2-7H,8H2,1H3,(H,18,19)/b17-9+. The van der Waals surface area contributed by atoms with E-state index in [0.717, 1.165) is 14.4 Å². The molecular formula is C14H12BrClN2O2S. The first-order valence-corrected chi connectivity index (χ1v) is 8.01. The molecule has 110 valence electrons. The summed E-state index contributed by atoms with van der Waals surface area (Å²) < 4.78 is 6.34. The Kier molecular flexibility index (Phi) is 5.78. The summed E-state index contributed by atoms with van der Waals surface area (Å²) in [6.07, 6.45) is 0. The zero-order chi connectivity index (χ0) is 15.2. The molecule has 1 aromatic heterocycles. The van der Waals surface area contributed by atoms with Gasteiger partial charge in [0.05, 0.1) is 19.4 Å². The largest absolute Gasteiger partial charge is 0.482 e. The lowest BCUT2D eigenvalue weighted by Gasteiger charge is -2.06. The maximum atomic E-state index is 11.7. The first kappa shape index (κ1) is 16.0. The van der Waals surface area contributed by atoms with Gasteiger partial charge < -0.3 is 4.74 Å². The van der Waals surface area contributed by atoms with Crippen molar-refractivity contribution < 1.29 is 9.53 Å². The van der Waals surface area contributed by atoms with E-state index in [1.165, 1.54) is 0 Å². The third-order valence-corrected chi connectivity index (χ3v) is 4.52. The second kappa shape index (κ2) is 7.59. The fourth-order valence-electron chi connectivity index (χ4n) is 1.45. The second-order valence-corrected chi connectivity index (χ2v) is 6.93. The van der Waals surface area contributed by atoms with E-state index in [-0.39, 0.29) is 12.5 Å². The molecule has 0 atom stereocenters. The Labute approximate surface area is 139 Å². The molecular weight excluding hydrogens is 376 g/mol. The lowest BCUT2D eigenvalue weighted by molar-refractivity contribution is -0.123. The van der Waals surface area contributed by atoms with Crippen LogP contribution in [0.4, 0.5) is 0 Å². The van der Waals surface area contributed by atoms with Crippen molar-refractivity contribution in [3.8, 4) is 5.75 Å². The molecule has 0 radical (unpaired) electrons. The van der Waals surface area contributed by atoms with Gasteiger partial charge in [-0.25, -0.2) is 5.43 Å². The van der Waals surface area contributed by atoms with E-state index < -0.39 is 0 Å². The van der Waals surface area contributed by atoms with E-state index in [1.54, 1.807) is 35.6 Å². The molecule has 2 aromatic rings. The maximum absolute atomic E-state index is 11.7. The predicted molar refractivity (Wildman–Crippen MR) is 89.3 cm³/mol. The molecule has 0 spiro atoms. The van der Waals surface area contributed by atoms with E-state index in [0.29, 0.717) is 10.8 Å². The van der Waals surface area contributed by atoms with Crippen LogP contribution in [-0.2, 0) is 4.79 Å². The van der Waals surface area contributed by atoms with Crippen molar-refractivity contribution in [1.82, 2.24) is 5.43 Å². The lowest BCUT2D eigenvalue weighted by Crippen LogP contribution is -2.25. The fourth-order valence-corrected chi connectivity index (χ4v) is 2.97. The number of rotatable bonds is 5. The molecule has 0 saturated heterocycles. The Morgan fingerprint density at radius 3 is 2.81 bits per heavy atom. The number of nitrogens with zero attached hydrogens (tertiary/aromatic N) is 1. The fraction of sp³-hybridized carbons (Fsp3) is 0.143. The Morgan fingerprint density at radius 1 is 1.38 bits per heavy atom. The highest BCUT2D eigenvalue weighted by molar-refractivity contribution is 9.11. The van der Waals surface area contributed by atoms with Gasteiger partial charge >= 0.3 is 0 Å². The number of carbonyl (C=O) groups is 1. The smallest absolute Gasteiger partial charge is 0.277 e. The van der Waals surface area contributed by atoms with Gasteiger partial charge in [0.1, 0.15) is 5.75 Å². The molecule has 1 aromatic carbocycles. The van der Waals surface area contributed by atoms with Crippen LogP contribution in [0.25, 0.3) is 0 Å². The van der Waals surface area contributed by atoms with Gasteiger partial charge in [-0.2, -0.15) is 5.10 Å². The summed E-state index contributed by atoms with van der Waals surface area (Å²) in [4.78, 5) is 12.7. The number of hydrazone groups is 1. The average molecular weight is 388 g/mol. The predicted octanol–water partition coefficient (Wildman–Crippen LogP) is 4.08. The second-order valence-electron chi connectivity index (χ2n) is 4.06. The van der Waals surface area contributed by atoms with E-state index in [4.69, 9.17) is 16.3 Å². The molecule has 0 aliphatic rings. The van der Waals surface area contributed by atoms with Crippen LogP contribution in [0.3, 0.4) is 0 Å². The minimum absolute atomic E-state index is 0.144. The Morgan fingerprint density at radius 2 is 2.14 bits per heavy atom. The molecule has 1 heterocycles. The molecule has 1 N–H and O–H groups in total. The van der Waals surface area contributed by atoms with Crippen molar-refractivity contribution in [3.63, 3.8) is 0 Å². The van der Waals surface area contributed by atoms with Crippen LogP contribution in [0, 0.1) is 0 Å². The summed E-state index contributed by atoms with van der Waals surface area (Å²) >= 11 is 10.9. The zero-order valence-electron chi connectivity index (χ0n) is 11.1. The number of hydrogen-bond acceptors (Lipinski definition) is 4. The third kappa shape index (κ3) is 4.84. The highest BCUT2D eigenvalue weighted by Gasteiger charge is 2.06. The summed E-state index contributed by atoms with van der Waals surface area (Å²) in [5.41, 5.74) is 3.19. The number of para-hydroxylation sites is 1. The zero-order valence-corrected chi connectivity index (χ0v) is 14.3. The van der Waals surface area contributed by atoms with Crippen LogP contribution < -0.4 is 10.2 Å². The molecule has 0 aliphatic carbocycles. The van der Waals surface area contributed by atoms with Crippen molar-refractivity contribution >= 4 is 50.5 Å². The van der Waals surface area contributed by atoms with E-state index in [1.807, 2.05) is 19.1 Å². The molecule has 0 unspecified atom stereocenters. The van der Waals surface area contributed by atoms with Gasteiger partial charge in [0.15, 0.2) is 6.61 Å². The normalized spacial score (nSPS) is 11.3. The van der Waals surface area contributed by atoms with Gasteiger partial charge in [0.2, 0.25) is 0 Å².